The van der Waals surface area contributed by atoms with Gasteiger partial charge in [-0.2, -0.15) is 5.10 Å². The highest BCUT2D eigenvalue weighted by atomic mass is 35.5. The van der Waals surface area contributed by atoms with Crippen molar-refractivity contribution in [3.63, 3.8) is 0 Å². The molecule has 0 unspecified atom stereocenters. The molecule has 0 bridgehead atoms. The molecule has 0 saturated heterocycles. The smallest absolute Gasteiger partial charge is 0.289 e. The molecule has 6 nitrogen and oxygen atoms in total. The van der Waals surface area contributed by atoms with Gasteiger partial charge in [-0.3, -0.25) is 20.3 Å². The molecule has 0 aromatic carbocycles. The van der Waals surface area contributed by atoms with Crippen LogP contribution < -0.4 is 16.2 Å². The summed E-state index contributed by atoms with van der Waals surface area (Å²) in [4.78, 5) is 11.7. The van der Waals surface area contributed by atoms with Gasteiger partial charge >= 0.3 is 0 Å². The van der Waals surface area contributed by atoms with Crippen LogP contribution in [0.25, 0.3) is 0 Å². The lowest BCUT2D eigenvalue weighted by Crippen LogP contribution is -2.46. The number of aryl methyl sites for hydroxylation is 2. The van der Waals surface area contributed by atoms with Crippen molar-refractivity contribution in [1.29, 1.82) is 0 Å². The summed E-state index contributed by atoms with van der Waals surface area (Å²) in [5.41, 5.74) is 5.81. The summed E-state index contributed by atoms with van der Waals surface area (Å²) in [6.07, 6.45) is 0. The van der Waals surface area contributed by atoms with Crippen molar-refractivity contribution in [1.82, 2.24) is 25.9 Å². The number of hydrogen-bond acceptors (Lipinski definition) is 3. The molecule has 0 aliphatic heterocycles. The Morgan fingerprint density at radius 1 is 1.50 bits per heavy atom. The van der Waals surface area contributed by atoms with Crippen LogP contribution >= 0.6 is 23.8 Å². The Morgan fingerprint density at radius 2 is 2.12 bits per heavy atom. The number of nitrogens with zero attached hydrogens (tertiary/aromatic N) is 2. The molecule has 0 spiro atoms. The second-order valence-electron chi connectivity index (χ2n) is 3.03. The molecule has 0 aliphatic rings. The summed E-state index contributed by atoms with van der Waals surface area (Å²) in [7, 11) is 3.28. The Morgan fingerprint density at radius 3 is 2.56 bits per heavy atom. The van der Waals surface area contributed by atoms with Crippen molar-refractivity contribution in [2.45, 2.75) is 6.92 Å². The van der Waals surface area contributed by atoms with Crippen molar-refractivity contribution in [3.05, 3.63) is 16.4 Å². The van der Waals surface area contributed by atoms with Crippen LogP contribution in [0.15, 0.2) is 0 Å². The van der Waals surface area contributed by atoms with E-state index in [0.29, 0.717) is 15.8 Å². The van der Waals surface area contributed by atoms with Gasteiger partial charge in [-0.15, -0.1) is 0 Å². The summed E-state index contributed by atoms with van der Waals surface area (Å²) >= 11 is 10.7. The Labute approximate surface area is 103 Å². The Hall–Kier alpha value is -1.34. The van der Waals surface area contributed by atoms with Gasteiger partial charge in [-0.1, -0.05) is 11.6 Å². The number of carbonyl (C=O) groups excluding carboxylic acids is 1. The number of rotatable bonds is 1. The minimum Gasteiger partial charge on any atom is -0.364 e. The van der Waals surface area contributed by atoms with E-state index in [4.69, 9.17) is 23.8 Å². The highest BCUT2D eigenvalue weighted by molar-refractivity contribution is 7.80. The van der Waals surface area contributed by atoms with E-state index in [-0.39, 0.29) is 5.69 Å². The number of halogens is 1. The van der Waals surface area contributed by atoms with Crippen LogP contribution in [0.5, 0.6) is 0 Å². The summed E-state index contributed by atoms with van der Waals surface area (Å²) in [5, 5.41) is 7.32. The normalized spacial score (nSPS) is 9.75. The Balaban J connectivity index is 2.77. The first-order chi connectivity index (χ1) is 7.47. The summed E-state index contributed by atoms with van der Waals surface area (Å²) < 4.78 is 1.41. The van der Waals surface area contributed by atoms with Gasteiger partial charge in [0.25, 0.3) is 5.91 Å². The maximum absolute atomic E-state index is 11.7. The number of nitrogens with one attached hydrogen (secondary N) is 3. The van der Waals surface area contributed by atoms with E-state index in [9.17, 15) is 4.79 Å². The lowest BCUT2D eigenvalue weighted by molar-refractivity contribution is 0.0934. The van der Waals surface area contributed by atoms with Crippen molar-refractivity contribution in [2.75, 3.05) is 7.05 Å². The van der Waals surface area contributed by atoms with E-state index in [1.54, 1.807) is 21.0 Å². The lowest BCUT2D eigenvalue weighted by Gasteiger charge is -2.08. The topological polar surface area (TPSA) is 71.0 Å². The maximum Gasteiger partial charge on any atom is 0.289 e. The number of amides is 1. The fourth-order valence-corrected chi connectivity index (χ4v) is 1.41. The van der Waals surface area contributed by atoms with E-state index in [2.05, 4.69) is 21.3 Å². The van der Waals surface area contributed by atoms with Gasteiger partial charge in [0.05, 0.1) is 10.7 Å². The zero-order chi connectivity index (χ0) is 12.3. The molecule has 1 amide bonds. The molecule has 1 aromatic heterocycles. The van der Waals surface area contributed by atoms with Gasteiger partial charge in [0.15, 0.2) is 5.11 Å². The molecule has 0 fully saturated rings. The zero-order valence-corrected chi connectivity index (χ0v) is 10.7. The van der Waals surface area contributed by atoms with Gasteiger partial charge in [0.1, 0.15) is 5.69 Å². The minimum absolute atomic E-state index is 0.283. The molecule has 3 N–H and O–H groups in total. The summed E-state index contributed by atoms with van der Waals surface area (Å²) in [6, 6.07) is 0. The molecule has 1 aromatic rings. The van der Waals surface area contributed by atoms with Crippen LogP contribution in [-0.2, 0) is 7.05 Å². The van der Waals surface area contributed by atoms with E-state index in [1.165, 1.54) is 4.68 Å². The van der Waals surface area contributed by atoms with Crippen LogP contribution in [0.3, 0.4) is 0 Å². The fraction of sp³-hybridized carbons (Fsp3) is 0.375. The monoisotopic (exact) mass is 261 g/mol. The van der Waals surface area contributed by atoms with Crippen molar-refractivity contribution in [2.24, 2.45) is 7.05 Å². The average Bonchev–Trinajstić information content (AvgIpc) is 2.49. The predicted octanol–water partition coefficient (Wildman–Crippen LogP) is 0.121. The van der Waals surface area contributed by atoms with E-state index < -0.39 is 5.91 Å². The van der Waals surface area contributed by atoms with Gasteiger partial charge in [-0.25, -0.2) is 0 Å². The molecule has 0 saturated carbocycles. The molecule has 88 valence electrons. The van der Waals surface area contributed by atoms with Gasteiger partial charge in [0, 0.05) is 14.1 Å². The molecule has 16 heavy (non-hydrogen) atoms. The Kier molecular flexibility index (Phi) is 4.08. The van der Waals surface area contributed by atoms with Crippen LogP contribution in [0.1, 0.15) is 16.2 Å². The number of carbonyl (C=O) groups is 1. The fourth-order valence-electron chi connectivity index (χ4n) is 1.11. The highest BCUT2D eigenvalue weighted by Crippen LogP contribution is 2.18. The summed E-state index contributed by atoms with van der Waals surface area (Å²) in [5.74, 6) is -0.398. The maximum atomic E-state index is 11.7. The third-order valence-electron chi connectivity index (χ3n) is 1.88. The van der Waals surface area contributed by atoms with Gasteiger partial charge < -0.3 is 5.32 Å². The molecule has 1 rings (SSSR count). The third kappa shape index (κ3) is 2.61. The number of thiocarbonyl (C=S) groups is 1. The molecule has 0 aliphatic carbocycles. The first-order valence-corrected chi connectivity index (χ1v) is 5.23. The largest absolute Gasteiger partial charge is 0.364 e. The lowest BCUT2D eigenvalue weighted by atomic mass is 10.3. The molecule has 1 heterocycles. The molecular weight excluding hydrogens is 250 g/mol. The SMILES string of the molecule is CNC(=S)NNC(=O)c1c(Cl)c(C)nn1C. The van der Waals surface area contributed by atoms with Crippen molar-refractivity contribution >= 4 is 34.8 Å². The van der Waals surface area contributed by atoms with Gasteiger partial charge in [-0.05, 0) is 19.1 Å². The number of hydrogen-bond donors (Lipinski definition) is 3. The average molecular weight is 262 g/mol. The third-order valence-corrected chi connectivity index (χ3v) is 2.64. The van der Waals surface area contributed by atoms with E-state index in [0.717, 1.165) is 0 Å². The minimum atomic E-state index is -0.398. The van der Waals surface area contributed by atoms with Crippen molar-refractivity contribution in [3.8, 4) is 0 Å². The predicted molar refractivity (Wildman–Crippen MR) is 65.2 cm³/mol. The molecule has 8 heteroatoms. The highest BCUT2D eigenvalue weighted by Gasteiger charge is 2.18. The quantitative estimate of drug-likeness (QED) is 0.495. The Bertz CT molecular complexity index is 430. The van der Waals surface area contributed by atoms with E-state index >= 15 is 0 Å². The van der Waals surface area contributed by atoms with Crippen LogP contribution in [0, 0.1) is 6.92 Å². The van der Waals surface area contributed by atoms with E-state index in [1.807, 2.05) is 0 Å². The summed E-state index contributed by atoms with van der Waals surface area (Å²) in [6.45, 7) is 1.73. The van der Waals surface area contributed by atoms with Crippen LogP contribution in [-0.4, -0.2) is 27.8 Å². The standard InChI is InChI=1S/C8H12ClN5OS/c1-4-5(9)6(14(3)13-4)7(15)11-12-8(16)10-2/h1-3H3,(H,11,15)(H2,10,12,16). The molecule has 0 radical (unpaired) electrons. The number of aromatic nitrogens is 2. The first-order valence-electron chi connectivity index (χ1n) is 4.44. The first kappa shape index (κ1) is 12.7. The second kappa shape index (κ2) is 5.13. The second-order valence-corrected chi connectivity index (χ2v) is 3.82. The molecule has 0 atom stereocenters. The number of hydrazine groups is 1. The van der Waals surface area contributed by atoms with Gasteiger partial charge in [0.2, 0.25) is 0 Å². The zero-order valence-electron chi connectivity index (χ0n) is 9.09. The molecular formula is C8H12ClN5OS. The van der Waals surface area contributed by atoms with Crippen LogP contribution in [0.4, 0.5) is 0 Å². The van der Waals surface area contributed by atoms with Crippen molar-refractivity contribution < 1.29 is 4.79 Å². The van der Waals surface area contributed by atoms with Crippen LogP contribution in [0.2, 0.25) is 5.02 Å².